The molecule has 1 aliphatic heterocycles. The van der Waals surface area contributed by atoms with Gasteiger partial charge in [-0.1, -0.05) is 42.5 Å². The molecule has 2 unspecified atom stereocenters. The fourth-order valence-corrected chi connectivity index (χ4v) is 6.12. The Labute approximate surface area is 287 Å². The quantitative estimate of drug-likeness (QED) is 0.153. The normalized spacial score (nSPS) is 18.3. The highest BCUT2D eigenvalue weighted by Gasteiger charge is 2.39. The van der Waals surface area contributed by atoms with Crippen molar-refractivity contribution in [1.29, 1.82) is 0 Å². The molecule has 1 aliphatic carbocycles. The number of nitrogens with zero attached hydrogens (tertiary/aromatic N) is 3. The van der Waals surface area contributed by atoms with E-state index >= 15 is 0 Å². The molecule has 1 aromatic heterocycles. The number of methoxy groups -OCH3 is 1. The summed E-state index contributed by atoms with van der Waals surface area (Å²) in [7, 11) is 1.69. The Morgan fingerprint density at radius 1 is 1.00 bits per heavy atom. The molecule has 2 fully saturated rings. The van der Waals surface area contributed by atoms with Crippen LogP contribution in [0.1, 0.15) is 65.1 Å². The highest BCUT2D eigenvalue weighted by Crippen LogP contribution is 2.48. The van der Waals surface area contributed by atoms with Gasteiger partial charge in [-0.2, -0.15) is 0 Å². The zero-order valence-electron chi connectivity index (χ0n) is 28.7. The van der Waals surface area contributed by atoms with Gasteiger partial charge in [0.2, 0.25) is 5.91 Å². The van der Waals surface area contributed by atoms with Crippen LogP contribution in [0.2, 0.25) is 0 Å². The Hall–Kier alpha value is -4.61. The van der Waals surface area contributed by atoms with Gasteiger partial charge >= 0.3 is 5.97 Å². The largest absolute Gasteiger partial charge is 0.467 e. The number of hydrogen-bond acceptors (Lipinski definition) is 9. The number of carbonyl (C=O) groups is 4. The number of hydrogen-bond donors (Lipinski definition) is 1. The molecule has 0 bridgehead atoms. The van der Waals surface area contributed by atoms with Crippen LogP contribution in [0.25, 0.3) is 11.3 Å². The zero-order valence-corrected chi connectivity index (χ0v) is 28.7. The van der Waals surface area contributed by atoms with Crippen LogP contribution in [0.4, 0.5) is 0 Å². The molecule has 260 valence electrons. The van der Waals surface area contributed by atoms with Crippen molar-refractivity contribution in [3.63, 3.8) is 0 Å². The van der Waals surface area contributed by atoms with Gasteiger partial charge in [-0.05, 0) is 74.4 Å². The van der Waals surface area contributed by atoms with Crippen LogP contribution >= 0.6 is 0 Å². The van der Waals surface area contributed by atoms with Gasteiger partial charge in [-0.15, -0.1) is 0 Å². The summed E-state index contributed by atoms with van der Waals surface area (Å²) in [5, 5.41) is 3.02. The molecular formula is C38H46N4O7. The summed E-state index contributed by atoms with van der Waals surface area (Å²) >= 11 is 0. The van der Waals surface area contributed by atoms with Crippen molar-refractivity contribution in [2.75, 3.05) is 53.0 Å². The molecule has 1 saturated heterocycles. The molecular weight excluding hydrogens is 624 g/mol. The van der Waals surface area contributed by atoms with Crippen molar-refractivity contribution in [3.05, 3.63) is 89.1 Å². The topological polar surface area (TPSA) is 127 Å². The standard InChI is InChI=1S/C38H46N4O7/c1-38(2,3)49-37(46)28-12-10-26(11-13-28)20-34(36(45)42-16-14-41(15-17-42)18-19-48-25-43)40-35(44)33-23-29(31-21-30(31)24-47-4)22-32(39-33)27-8-6-5-7-9-27/h5-13,22-23,25,30-31,34H,14-21,24H2,1-4H3,(H,40,44)/t30?,31?,34-/m0/s1. The van der Waals surface area contributed by atoms with Crippen LogP contribution in [-0.4, -0.2) is 104 Å². The van der Waals surface area contributed by atoms with E-state index in [1.165, 1.54) is 0 Å². The number of pyridine rings is 1. The van der Waals surface area contributed by atoms with E-state index in [0.29, 0.717) is 69.6 Å². The lowest BCUT2D eigenvalue weighted by molar-refractivity contribution is -0.135. The summed E-state index contributed by atoms with van der Waals surface area (Å²) in [5.74, 6) is -0.411. The Morgan fingerprint density at radius 2 is 1.71 bits per heavy atom. The molecule has 0 radical (unpaired) electrons. The first-order valence-corrected chi connectivity index (χ1v) is 16.8. The summed E-state index contributed by atoms with van der Waals surface area (Å²) in [5.41, 5.74) is 3.43. The van der Waals surface area contributed by atoms with Crippen LogP contribution in [0.3, 0.4) is 0 Å². The summed E-state index contributed by atoms with van der Waals surface area (Å²) in [4.78, 5) is 59.9. The van der Waals surface area contributed by atoms with Gasteiger partial charge in [0.25, 0.3) is 12.4 Å². The first kappa shape index (κ1) is 35.7. The lowest BCUT2D eigenvalue weighted by atomic mass is 10.0. The first-order valence-electron chi connectivity index (χ1n) is 16.8. The lowest BCUT2D eigenvalue weighted by Gasteiger charge is -2.36. The SMILES string of the molecule is COCC1CC1c1cc(C(=O)N[C@@H](Cc2ccc(C(=O)OC(C)(C)C)cc2)C(=O)N2CCN(CCOC=O)CC2)nc(-c2ccccc2)c1. The van der Waals surface area contributed by atoms with E-state index in [1.807, 2.05) is 63.2 Å². The third-order valence-electron chi connectivity index (χ3n) is 8.79. The van der Waals surface area contributed by atoms with Crippen molar-refractivity contribution >= 4 is 24.3 Å². The van der Waals surface area contributed by atoms with E-state index in [-0.39, 0.29) is 23.9 Å². The van der Waals surface area contributed by atoms with Gasteiger partial charge in [-0.3, -0.25) is 19.3 Å². The van der Waals surface area contributed by atoms with E-state index in [0.717, 1.165) is 23.1 Å². The van der Waals surface area contributed by atoms with Crippen LogP contribution in [0.5, 0.6) is 0 Å². The smallest absolute Gasteiger partial charge is 0.338 e. The Bertz CT molecular complexity index is 1600. The number of piperazine rings is 1. The second-order valence-electron chi connectivity index (χ2n) is 13.7. The number of carbonyl (C=O) groups excluding carboxylic acids is 4. The molecule has 49 heavy (non-hydrogen) atoms. The van der Waals surface area contributed by atoms with Crippen molar-refractivity contribution in [2.45, 2.75) is 51.2 Å². The zero-order chi connectivity index (χ0) is 35.0. The Morgan fingerprint density at radius 3 is 2.37 bits per heavy atom. The number of nitrogens with one attached hydrogen (secondary N) is 1. The molecule has 2 aliphatic rings. The van der Waals surface area contributed by atoms with Crippen LogP contribution < -0.4 is 5.32 Å². The van der Waals surface area contributed by atoms with E-state index < -0.39 is 23.5 Å². The first-order chi connectivity index (χ1) is 23.5. The highest BCUT2D eigenvalue weighted by atomic mass is 16.6. The molecule has 3 atom stereocenters. The van der Waals surface area contributed by atoms with Gasteiger partial charge in [0.05, 0.1) is 11.3 Å². The third-order valence-corrected chi connectivity index (χ3v) is 8.79. The summed E-state index contributed by atoms with van der Waals surface area (Å²) < 4.78 is 15.7. The van der Waals surface area contributed by atoms with Gasteiger partial charge < -0.3 is 24.4 Å². The number of rotatable bonds is 14. The molecule has 5 rings (SSSR count). The van der Waals surface area contributed by atoms with E-state index in [4.69, 9.17) is 19.2 Å². The summed E-state index contributed by atoms with van der Waals surface area (Å²) in [6, 6.07) is 19.7. The Kier molecular flexibility index (Phi) is 11.8. The number of aromatic nitrogens is 1. The molecule has 2 aromatic carbocycles. The number of amides is 2. The number of benzene rings is 2. The van der Waals surface area contributed by atoms with Crippen molar-refractivity contribution < 1.29 is 33.4 Å². The Balaban J connectivity index is 1.38. The van der Waals surface area contributed by atoms with Crippen molar-refractivity contribution in [1.82, 2.24) is 20.1 Å². The molecule has 0 spiro atoms. The van der Waals surface area contributed by atoms with Gasteiger partial charge in [0.15, 0.2) is 0 Å². The van der Waals surface area contributed by atoms with E-state index in [2.05, 4.69) is 10.2 Å². The molecule has 2 heterocycles. The predicted octanol–water partition coefficient (Wildman–Crippen LogP) is 4.11. The molecule has 11 heteroatoms. The fraction of sp³-hybridized carbons (Fsp3) is 0.447. The summed E-state index contributed by atoms with van der Waals surface area (Å²) in [6.45, 7) is 9.57. The lowest BCUT2D eigenvalue weighted by Crippen LogP contribution is -2.55. The molecule has 1 N–H and O–H groups in total. The third kappa shape index (κ3) is 9.96. The number of ether oxygens (including phenoxy) is 3. The maximum absolute atomic E-state index is 14.1. The van der Waals surface area contributed by atoms with Crippen molar-refractivity contribution in [2.24, 2.45) is 5.92 Å². The molecule has 11 nitrogen and oxygen atoms in total. The average Bonchev–Trinajstić information content (AvgIpc) is 3.87. The predicted molar refractivity (Wildman–Crippen MR) is 184 cm³/mol. The average molecular weight is 671 g/mol. The maximum atomic E-state index is 14.1. The van der Waals surface area contributed by atoms with E-state index in [9.17, 15) is 19.2 Å². The number of esters is 1. The van der Waals surface area contributed by atoms with Gasteiger partial charge in [-0.25, -0.2) is 9.78 Å². The van der Waals surface area contributed by atoms with Crippen LogP contribution in [-0.2, 0) is 30.2 Å². The fourth-order valence-electron chi connectivity index (χ4n) is 6.12. The minimum absolute atomic E-state index is 0.199. The minimum Gasteiger partial charge on any atom is -0.467 e. The monoisotopic (exact) mass is 670 g/mol. The van der Waals surface area contributed by atoms with Crippen molar-refractivity contribution in [3.8, 4) is 11.3 Å². The molecule has 3 aromatic rings. The van der Waals surface area contributed by atoms with Gasteiger partial charge in [0, 0.05) is 58.4 Å². The maximum Gasteiger partial charge on any atom is 0.338 e. The van der Waals surface area contributed by atoms with Crippen LogP contribution in [0.15, 0.2) is 66.7 Å². The van der Waals surface area contributed by atoms with Crippen LogP contribution in [0, 0.1) is 5.92 Å². The summed E-state index contributed by atoms with van der Waals surface area (Å²) in [6.07, 6.45) is 1.19. The van der Waals surface area contributed by atoms with Gasteiger partial charge in [0.1, 0.15) is 23.9 Å². The molecule has 2 amide bonds. The molecule has 1 saturated carbocycles. The minimum atomic E-state index is -0.877. The second kappa shape index (κ2) is 16.2. The highest BCUT2D eigenvalue weighted by molar-refractivity contribution is 5.97. The second-order valence-corrected chi connectivity index (χ2v) is 13.7. The van der Waals surface area contributed by atoms with E-state index in [1.54, 1.807) is 36.3 Å².